The average molecular weight is 405 g/mol. The lowest BCUT2D eigenvalue weighted by atomic mass is 10.0. The molecule has 1 atom stereocenters. The Morgan fingerprint density at radius 3 is 2.41 bits per heavy atom. The number of rotatable bonds is 6. The van der Waals surface area contributed by atoms with Crippen molar-refractivity contribution in [3.63, 3.8) is 0 Å². The average Bonchev–Trinajstić information content (AvgIpc) is 2.72. The number of nitrogens with one attached hydrogen (secondary N) is 1. The third-order valence-corrected chi connectivity index (χ3v) is 4.70. The van der Waals surface area contributed by atoms with Gasteiger partial charge in [-0.1, -0.05) is 12.1 Å². The van der Waals surface area contributed by atoms with Crippen LogP contribution < -0.4 is 10.1 Å². The molecule has 1 aliphatic heterocycles. The van der Waals surface area contributed by atoms with Crippen molar-refractivity contribution in [2.24, 2.45) is 0 Å². The first-order valence-electron chi connectivity index (χ1n) is 9.32. The Kier molecular flexibility index (Phi) is 6.75. The number of nitriles is 1. The summed E-state index contributed by atoms with van der Waals surface area (Å²) in [6, 6.07) is 11.8. The smallest absolute Gasteiger partial charge is 0.416 e. The summed E-state index contributed by atoms with van der Waals surface area (Å²) in [5.41, 5.74) is 0.469. The number of ether oxygens (including phenoxy) is 1. The molecule has 29 heavy (non-hydrogen) atoms. The number of hydrogen-bond acceptors (Lipinski definition) is 5. The third-order valence-electron chi connectivity index (χ3n) is 4.70. The van der Waals surface area contributed by atoms with Gasteiger partial charge in [-0.2, -0.15) is 18.4 Å². The fraction of sp³-hybridized carbons (Fsp3) is 0.381. The molecule has 0 aliphatic carbocycles. The minimum Gasteiger partial charge on any atom is -0.491 e. The third kappa shape index (κ3) is 5.94. The van der Waals surface area contributed by atoms with Crippen LogP contribution in [0.4, 0.5) is 13.2 Å². The zero-order chi connectivity index (χ0) is 20.9. The fourth-order valence-electron chi connectivity index (χ4n) is 3.19. The SMILES string of the molecule is N#Cc1ccc(-c2cc(OCC(O)CN3CCNCC3)cc(C(F)(F)F)c2)cc1. The molecule has 0 saturated carbocycles. The van der Waals surface area contributed by atoms with Crippen molar-refractivity contribution in [2.45, 2.75) is 12.3 Å². The summed E-state index contributed by atoms with van der Waals surface area (Å²) in [5.74, 6) is 0.0403. The Morgan fingerprint density at radius 2 is 1.79 bits per heavy atom. The van der Waals surface area contributed by atoms with Gasteiger partial charge in [-0.15, -0.1) is 0 Å². The van der Waals surface area contributed by atoms with Crippen molar-refractivity contribution in [3.05, 3.63) is 53.6 Å². The van der Waals surface area contributed by atoms with Crippen LogP contribution in [0.25, 0.3) is 11.1 Å². The van der Waals surface area contributed by atoms with Gasteiger partial charge in [-0.25, -0.2) is 0 Å². The van der Waals surface area contributed by atoms with Crippen molar-refractivity contribution >= 4 is 0 Å². The van der Waals surface area contributed by atoms with Crippen LogP contribution in [0, 0.1) is 11.3 Å². The normalized spacial score (nSPS) is 16.2. The zero-order valence-electron chi connectivity index (χ0n) is 15.7. The first kappa shape index (κ1) is 21.1. The van der Waals surface area contributed by atoms with E-state index in [1.165, 1.54) is 6.07 Å². The summed E-state index contributed by atoms with van der Waals surface area (Å²) < 4.78 is 45.5. The summed E-state index contributed by atoms with van der Waals surface area (Å²) in [7, 11) is 0. The topological polar surface area (TPSA) is 68.5 Å². The number of β-amino-alcohol motifs (C(OH)–C–C–N with tert-alkyl or cyclic N) is 1. The number of hydrogen-bond donors (Lipinski definition) is 2. The van der Waals surface area contributed by atoms with E-state index in [-0.39, 0.29) is 12.4 Å². The largest absolute Gasteiger partial charge is 0.491 e. The summed E-state index contributed by atoms with van der Waals surface area (Å²) in [4.78, 5) is 2.08. The highest BCUT2D eigenvalue weighted by atomic mass is 19.4. The molecule has 5 nitrogen and oxygen atoms in total. The van der Waals surface area contributed by atoms with Crippen LogP contribution in [0.1, 0.15) is 11.1 Å². The lowest BCUT2D eigenvalue weighted by Crippen LogP contribution is -2.47. The summed E-state index contributed by atoms with van der Waals surface area (Å²) >= 11 is 0. The van der Waals surface area contributed by atoms with E-state index in [1.807, 2.05) is 6.07 Å². The van der Waals surface area contributed by atoms with Crippen LogP contribution in [0.2, 0.25) is 0 Å². The first-order valence-corrected chi connectivity index (χ1v) is 9.32. The van der Waals surface area contributed by atoms with Crippen LogP contribution >= 0.6 is 0 Å². The van der Waals surface area contributed by atoms with Gasteiger partial charge in [0.2, 0.25) is 0 Å². The molecule has 2 aromatic rings. The van der Waals surface area contributed by atoms with Crippen LogP contribution in [0.5, 0.6) is 5.75 Å². The van der Waals surface area contributed by atoms with Crippen molar-refractivity contribution in [1.82, 2.24) is 10.2 Å². The Hall–Kier alpha value is -2.60. The van der Waals surface area contributed by atoms with Gasteiger partial charge in [0, 0.05) is 32.7 Å². The highest BCUT2D eigenvalue weighted by Crippen LogP contribution is 2.35. The summed E-state index contributed by atoms with van der Waals surface area (Å²) in [6.45, 7) is 3.61. The van der Waals surface area contributed by atoms with Gasteiger partial charge >= 0.3 is 6.18 Å². The minimum atomic E-state index is -4.53. The number of aliphatic hydroxyl groups is 1. The van der Waals surface area contributed by atoms with Gasteiger partial charge < -0.3 is 15.2 Å². The van der Waals surface area contributed by atoms with Gasteiger partial charge in [0.05, 0.1) is 17.2 Å². The lowest BCUT2D eigenvalue weighted by molar-refractivity contribution is -0.137. The predicted molar refractivity (Wildman–Crippen MR) is 102 cm³/mol. The van der Waals surface area contributed by atoms with E-state index in [9.17, 15) is 18.3 Å². The fourth-order valence-corrected chi connectivity index (χ4v) is 3.19. The standard InChI is InChI=1S/C21H22F3N3O2/c22-21(23,24)18-9-17(16-3-1-15(12-25)2-4-16)10-20(11-18)29-14-19(28)13-27-7-5-26-6-8-27/h1-4,9-11,19,26,28H,5-8,13-14H2. The van der Waals surface area contributed by atoms with Gasteiger partial charge in [0.15, 0.2) is 0 Å². The maximum Gasteiger partial charge on any atom is 0.416 e. The predicted octanol–water partition coefficient (Wildman–Crippen LogP) is 2.89. The van der Waals surface area contributed by atoms with Gasteiger partial charge in [-0.3, -0.25) is 4.90 Å². The van der Waals surface area contributed by atoms with E-state index in [0.29, 0.717) is 23.2 Å². The first-order chi connectivity index (χ1) is 13.8. The number of halogens is 3. The van der Waals surface area contributed by atoms with E-state index in [4.69, 9.17) is 10.00 Å². The van der Waals surface area contributed by atoms with E-state index < -0.39 is 17.8 Å². The molecule has 8 heteroatoms. The monoisotopic (exact) mass is 405 g/mol. The van der Waals surface area contributed by atoms with Gasteiger partial charge in [0.25, 0.3) is 0 Å². The molecule has 154 valence electrons. The Morgan fingerprint density at radius 1 is 1.10 bits per heavy atom. The molecule has 1 saturated heterocycles. The molecule has 2 N–H and O–H groups in total. The maximum atomic E-state index is 13.3. The van der Waals surface area contributed by atoms with Crippen molar-refractivity contribution < 1.29 is 23.0 Å². The van der Waals surface area contributed by atoms with E-state index >= 15 is 0 Å². The molecule has 0 radical (unpaired) electrons. The second kappa shape index (κ2) is 9.27. The number of benzene rings is 2. The summed E-state index contributed by atoms with van der Waals surface area (Å²) in [5, 5.41) is 22.3. The van der Waals surface area contributed by atoms with Crippen LogP contribution in [-0.4, -0.2) is 55.4 Å². The van der Waals surface area contributed by atoms with E-state index in [0.717, 1.165) is 38.3 Å². The molecule has 0 spiro atoms. The van der Waals surface area contributed by atoms with Crippen LogP contribution in [0.15, 0.2) is 42.5 Å². The number of nitrogens with zero attached hydrogens (tertiary/aromatic N) is 2. The molecule has 1 fully saturated rings. The zero-order valence-corrected chi connectivity index (χ0v) is 15.7. The molecule has 0 bridgehead atoms. The number of alkyl halides is 3. The Bertz CT molecular complexity index is 857. The van der Waals surface area contributed by atoms with Crippen molar-refractivity contribution in [1.29, 1.82) is 5.26 Å². The lowest BCUT2D eigenvalue weighted by Gasteiger charge is -2.29. The second-order valence-electron chi connectivity index (χ2n) is 6.95. The molecular formula is C21H22F3N3O2. The van der Waals surface area contributed by atoms with Crippen molar-refractivity contribution in [2.75, 3.05) is 39.3 Å². The second-order valence-corrected chi connectivity index (χ2v) is 6.95. The molecular weight excluding hydrogens is 383 g/mol. The highest BCUT2D eigenvalue weighted by molar-refractivity contribution is 5.67. The molecule has 0 amide bonds. The molecule has 1 unspecified atom stereocenters. The van der Waals surface area contributed by atoms with E-state index in [2.05, 4.69) is 10.2 Å². The molecule has 1 aliphatic rings. The maximum absolute atomic E-state index is 13.3. The summed E-state index contributed by atoms with van der Waals surface area (Å²) in [6.07, 6.45) is -5.33. The van der Waals surface area contributed by atoms with E-state index in [1.54, 1.807) is 24.3 Å². The van der Waals surface area contributed by atoms with Crippen molar-refractivity contribution in [3.8, 4) is 22.9 Å². The molecule has 0 aromatic heterocycles. The molecule has 3 rings (SSSR count). The van der Waals surface area contributed by atoms with Crippen LogP contribution in [-0.2, 0) is 6.18 Å². The quantitative estimate of drug-likeness (QED) is 0.774. The Labute approximate surface area is 167 Å². The Balaban J connectivity index is 1.75. The van der Waals surface area contributed by atoms with Gasteiger partial charge in [0.1, 0.15) is 18.5 Å². The number of aliphatic hydroxyl groups excluding tert-OH is 1. The van der Waals surface area contributed by atoms with Crippen LogP contribution in [0.3, 0.4) is 0 Å². The highest BCUT2D eigenvalue weighted by Gasteiger charge is 2.31. The van der Waals surface area contributed by atoms with Gasteiger partial charge in [-0.05, 0) is 41.5 Å². The molecule has 1 heterocycles. The minimum absolute atomic E-state index is 0.0403. The number of piperazine rings is 1. The molecule has 2 aromatic carbocycles.